The van der Waals surface area contributed by atoms with Gasteiger partial charge in [-0.05, 0) is 80.3 Å². The van der Waals surface area contributed by atoms with Crippen molar-refractivity contribution in [3.05, 3.63) is 77.4 Å². The fraction of sp³-hybridized carbons (Fsp3) is 0.389. The van der Waals surface area contributed by atoms with Gasteiger partial charge in [0.2, 0.25) is 5.78 Å². The number of amides is 3. The summed E-state index contributed by atoms with van der Waals surface area (Å²) in [4.78, 5) is 44.9. The standard InChI is InChI=1S/C36H40N6O6/c1-36(2,3)31-20-32(40-48-31)39-34(44)37-24-8-10-29-23(17-24)19-30(47-29)33(43)27-18-22-16-21(7-9-26(22)38-27)28-6-4-5-13-42(28)25-11-14-41(15-12-25)35(45)46/h7-10,16-20,25,28,38H,4-6,11-15H2,1-3H3,(H,45,46)(H2,37,39,40,44). The number of nitrogens with one attached hydrogen (secondary N) is 3. The Bertz CT molecular complexity index is 1990. The molecular formula is C36H40N6O6. The zero-order chi connectivity index (χ0) is 33.6. The molecule has 12 nitrogen and oxygen atoms in total. The molecule has 12 heteroatoms. The summed E-state index contributed by atoms with van der Waals surface area (Å²) in [6.07, 6.45) is 4.20. The van der Waals surface area contributed by atoms with Crippen LogP contribution in [0, 0.1) is 0 Å². The van der Waals surface area contributed by atoms with E-state index in [1.54, 1.807) is 30.3 Å². The normalized spacial score (nSPS) is 18.0. The van der Waals surface area contributed by atoms with Gasteiger partial charge in [-0.25, -0.2) is 9.59 Å². The van der Waals surface area contributed by atoms with E-state index in [0.717, 1.165) is 49.6 Å². The Balaban J connectivity index is 1.04. The molecule has 2 saturated heterocycles. The number of piperidine rings is 2. The first-order valence-electron chi connectivity index (χ1n) is 16.5. The smallest absolute Gasteiger partial charge is 0.407 e. The van der Waals surface area contributed by atoms with Crippen molar-refractivity contribution in [1.82, 2.24) is 19.9 Å². The Morgan fingerprint density at radius 3 is 2.48 bits per heavy atom. The van der Waals surface area contributed by atoms with Gasteiger partial charge in [-0.1, -0.05) is 38.4 Å². The summed E-state index contributed by atoms with van der Waals surface area (Å²) < 4.78 is 11.3. The van der Waals surface area contributed by atoms with Crippen LogP contribution in [0.5, 0.6) is 0 Å². The Kier molecular flexibility index (Phi) is 8.20. The van der Waals surface area contributed by atoms with Crippen LogP contribution in [0.2, 0.25) is 0 Å². The number of fused-ring (bicyclic) bond motifs is 2. The van der Waals surface area contributed by atoms with E-state index in [1.165, 1.54) is 10.5 Å². The molecule has 0 radical (unpaired) electrons. The van der Waals surface area contributed by atoms with Crippen molar-refractivity contribution < 1.29 is 28.4 Å². The third-order valence-electron chi connectivity index (χ3n) is 9.51. The first-order chi connectivity index (χ1) is 23.0. The van der Waals surface area contributed by atoms with Gasteiger partial charge in [0.1, 0.15) is 11.3 Å². The third kappa shape index (κ3) is 6.40. The lowest BCUT2D eigenvalue weighted by Crippen LogP contribution is -2.48. The van der Waals surface area contributed by atoms with Gasteiger partial charge in [0.15, 0.2) is 11.6 Å². The lowest BCUT2D eigenvalue weighted by molar-refractivity contribution is 0.0497. The van der Waals surface area contributed by atoms with Crippen molar-refractivity contribution in [3.8, 4) is 0 Å². The van der Waals surface area contributed by atoms with E-state index in [-0.39, 0.29) is 23.0 Å². The molecule has 4 N–H and O–H groups in total. The molecule has 0 bridgehead atoms. The van der Waals surface area contributed by atoms with E-state index in [0.29, 0.717) is 53.1 Å². The van der Waals surface area contributed by atoms with Gasteiger partial charge in [0.05, 0.1) is 5.69 Å². The molecule has 2 aliphatic heterocycles. The van der Waals surface area contributed by atoms with Crippen LogP contribution in [0.1, 0.15) is 86.5 Å². The zero-order valence-corrected chi connectivity index (χ0v) is 27.3. The quantitative estimate of drug-likeness (QED) is 0.136. The fourth-order valence-electron chi connectivity index (χ4n) is 6.95. The van der Waals surface area contributed by atoms with Crippen LogP contribution in [-0.2, 0) is 5.41 Å². The number of aromatic amines is 1. The van der Waals surface area contributed by atoms with Crippen molar-refractivity contribution in [2.24, 2.45) is 0 Å². The van der Waals surface area contributed by atoms with Gasteiger partial charge < -0.3 is 29.2 Å². The summed E-state index contributed by atoms with van der Waals surface area (Å²) in [7, 11) is 0. The number of ketones is 1. The SMILES string of the molecule is CC(C)(C)c1cc(NC(=O)Nc2ccc3oc(C(=O)c4cc5cc(C6CCCCN6C6CCN(C(=O)O)CC6)ccc5[nH]4)cc3c2)no1. The number of carbonyl (C=O) groups excluding carboxylic acids is 2. The minimum absolute atomic E-state index is 0.196. The van der Waals surface area contributed by atoms with Crippen LogP contribution in [0.4, 0.5) is 21.1 Å². The maximum atomic E-state index is 13.6. The molecule has 0 spiro atoms. The number of likely N-dealkylation sites (tertiary alicyclic amines) is 2. The van der Waals surface area contributed by atoms with Crippen molar-refractivity contribution >= 4 is 51.3 Å². The van der Waals surface area contributed by atoms with Crippen LogP contribution in [0.25, 0.3) is 21.9 Å². The van der Waals surface area contributed by atoms with E-state index < -0.39 is 12.1 Å². The predicted molar refractivity (Wildman–Crippen MR) is 182 cm³/mol. The Hall–Kier alpha value is -5.10. The number of furan rings is 1. The average molecular weight is 653 g/mol. The summed E-state index contributed by atoms with van der Waals surface area (Å²) >= 11 is 0. The lowest BCUT2D eigenvalue weighted by Gasteiger charge is -2.44. The highest BCUT2D eigenvalue weighted by Gasteiger charge is 2.33. The van der Waals surface area contributed by atoms with Gasteiger partial charge in [0, 0.05) is 58.6 Å². The predicted octanol–water partition coefficient (Wildman–Crippen LogP) is 7.74. The van der Waals surface area contributed by atoms with Gasteiger partial charge in [-0.15, -0.1) is 0 Å². The van der Waals surface area contributed by atoms with Gasteiger partial charge in [0.25, 0.3) is 0 Å². The Labute approximate surface area is 277 Å². The molecule has 5 heterocycles. The van der Waals surface area contributed by atoms with Crippen LogP contribution in [-0.4, -0.2) is 68.6 Å². The minimum atomic E-state index is -0.838. The van der Waals surface area contributed by atoms with Crippen molar-refractivity contribution in [2.45, 2.75) is 70.4 Å². The molecule has 250 valence electrons. The minimum Gasteiger partial charge on any atom is -0.465 e. The molecule has 48 heavy (non-hydrogen) atoms. The molecule has 1 atom stereocenters. The van der Waals surface area contributed by atoms with Gasteiger partial charge >= 0.3 is 12.1 Å². The van der Waals surface area contributed by atoms with Crippen LogP contribution < -0.4 is 10.6 Å². The number of aromatic nitrogens is 2. The highest BCUT2D eigenvalue weighted by atomic mass is 16.5. The molecule has 7 rings (SSSR count). The molecule has 3 amide bonds. The number of hydrogen-bond donors (Lipinski definition) is 4. The van der Waals surface area contributed by atoms with E-state index in [4.69, 9.17) is 8.94 Å². The number of nitrogens with zero attached hydrogens (tertiary/aromatic N) is 3. The van der Waals surface area contributed by atoms with Gasteiger partial charge in [-0.3, -0.25) is 15.0 Å². The number of hydrogen-bond acceptors (Lipinski definition) is 7. The highest BCUT2D eigenvalue weighted by Crippen LogP contribution is 2.37. The Morgan fingerprint density at radius 1 is 0.917 bits per heavy atom. The van der Waals surface area contributed by atoms with E-state index in [9.17, 15) is 19.5 Å². The van der Waals surface area contributed by atoms with Crippen molar-refractivity contribution in [1.29, 1.82) is 0 Å². The number of rotatable bonds is 6. The number of carbonyl (C=O) groups is 3. The van der Waals surface area contributed by atoms with Gasteiger partial charge in [-0.2, -0.15) is 0 Å². The first kappa shape index (κ1) is 31.5. The van der Waals surface area contributed by atoms with Crippen LogP contribution >= 0.6 is 0 Å². The summed E-state index contributed by atoms with van der Waals surface area (Å²) in [6.45, 7) is 8.13. The van der Waals surface area contributed by atoms with E-state index in [1.807, 2.05) is 32.9 Å². The molecule has 2 aliphatic rings. The maximum absolute atomic E-state index is 13.6. The number of benzene rings is 2. The van der Waals surface area contributed by atoms with Crippen LogP contribution in [0.3, 0.4) is 0 Å². The van der Waals surface area contributed by atoms with E-state index in [2.05, 4.69) is 37.8 Å². The largest absolute Gasteiger partial charge is 0.465 e. The summed E-state index contributed by atoms with van der Waals surface area (Å²) in [5.74, 6) is 0.908. The van der Waals surface area contributed by atoms with Crippen LogP contribution in [0.15, 0.2) is 63.5 Å². The molecular weight excluding hydrogens is 612 g/mol. The van der Waals surface area contributed by atoms with Crippen molar-refractivity contribution in [2.75, 3.05) is 30.3 Å². The van der Waals surface area contributed by atoms with E-state index >= 15 is 0 Å². The number of anilines is 2. The lowest BCUT2D eigenvalue weighted by atomic mass is 9.90. The zero-order valence-electron chi connectivity index (χ0n) is 27.3. The molecule has 1 unspecified atom stereocenters. The average Bonchev–Trinajstić information content (AvgIpc) is 3.82. The maximum Gasteiger partial charge on any atom is 0.407 e. The second-order valence-corrected chi connectivity index (χ2v) is 13.9. The Morgan fingerprint density at radius 2 is 1.73 bits per heavy atom. The number of urea groups is 1. The topological polar surface area (TPSA) is 157 Å². The molecule has 3 aromatic heterocycles. The fourth-order valence-corrected chi connectivity index (χ4v) is 6.95. The van der Waals surface area contributed by atoms with Crippen molar-refractivity contribution in [3.63, 3.8) is 0 Å². The highest BCUT2D eigenvalue weighted by molar-refractivity contribution is 6.10. The molecule has 2 aromatic carbocycles. The number of H-pyrrole nitrogens is 1. The second kappa shape index (κ2) is 12.5. The molecule has 0 aliphatic carbocycles. The molecule has 5 aromatic rings. The summed E-state index contributed by atoms with van der Waals surface area (Å²) in [5.41, 5.74) is 3.34. The first-order valence-corrected chi connectivity index (χ1v) is 16.5. The third-order valence-corrected chi connectivity index (χ3v) is 9.51. The molecule has 0 saturated carbocycles. The summed E-state index contributed by atoms with van der Waals surface area (Å²) in [5, 5.41) is 20.4. The molecule has 2 fully saturated rings. The monoisotopic (exact) mass is 652 g/mol. The summed E-state index contributed by atoms with van der Waals surface area (Å²) in [6, 6.07) is 16.9. The number of carboxylic acid groups (broad SMARTS) is 1. The second-order valence-electron chi connectivity index (χ2n) is 13.9.